The van der Waals surface area contributed by atoms with Crippen LogP contribution in [0.5, 0.6) is 0 Å². The molecular weight excluding hydrogens is 224 g/mol. The number of halogens is 6. The van der Waals surface area contributed by atoms with Crippen LogP contribution in [-0.4, -0.2) is 19.3 Å². The molecule has 0 heterocycles. The molecular formula is C4BF6LiN2O. The fraction of sp³-hybridized carbons (Fsp3) is 0.500. The first-order valence-electron chi connectivity index (χ1n) is 2.62. The van der Waals surface area contributed by atoms with E-state index in [2.05, 4.69) is 0 Å². The van der Waals surface area contributed by atoms with Crippen molar-refractivity contribution in [3.8, 4) is 12.1 Å². The normalized spacial score (nSPS) is 9.67. The smallest absolute Gasteiger partial charge is 0.820 e. The minimum absolute atomic E-state index is 0. The van der Waals surface area contributed by atoms with E-state index in [9.17, 15) is 31.2 Å². The van der Waals surface area contributed by atoms with E-state index < -0.39 is 19.3 Å². The summed E-state index contributed by atoms with van der Waals surface area (Å²) in [5, 5.41) is 25.2. The predicted molar refractivity (Wildman–Crippen MR) is 29.1 cm³/mol. The number of alkyl halides is 3. The van der Waals surface area contributed by atoms with Gasteiger partial charge in [0.25, 0.3) is 0 Å². The van der Waals surface area contributed by atoms with Crippen molar-refractivity contribution in [1.82, 2.24) is 0 Å². The van der Waals surface area contributed by atoms with Gasteiger partial charge in [-0.2, -0.15) is 23.7 Å². The molecule has 0 radical (unpaired) electrons. The van der Waals surface area contributed by atoms with Crippen LogP contribution in [0.4, 0.5) is 26.1 Å². The molecule has 0 aliphatic rings. The van der Waals surface area contributed by atoms with Gasteiger partial charge in [-0.3, -0.25) is 12.9 Å². The minimum Gasteiger partial charge on any atom is -0.820 e. The van der Waals surface area contributed by atoms with Crippen LogP contribution in [0.2, 0.25) is 0 Å². The standard InChI is InChI=1S/C4F3N2O.BF3.Li/c5-4(6,7)3(10,1-8)2-9;2-1(3)4;/q-1;;+1. The van der Waals surface area contributed by atoms with Crippen molar-refractivity contribution < 1.29 is 50.1 Å². The van der Waals surface area contributed by atoms with E-state index in [4.69, 9.17) is 10.5 Å². The quantitative estimate of drug-likeness (QED) is 0.339. The number of nitriles is 2. The molecule has 0 atom stereocenters. The van der Waals surface area contributed by atoms with Crippen molar-refractivity contribution in [2.24, 2.45) is 0 Å². The minimum atomic E-state index is -5.32. The summed E-state index contributed by atoms with van der Waals surface area (Å²) in [7, 11) is -3.67. The number of rotatable bonds is 0. The van der Waals surface area contributed by atoms with E-state index in [1.54, 1.807) is 0 Å². The molecule has 0 aliphatic carbocycles. The summed E-state index contributed by atoms with van der Waals surface area (Å²) in [5.74, 6) is 0. The number of hydrogen-bond acceptors (Lipinski definition) is 3. The second kappa shape index (κ2) is 7.47. The Kier molecular flexibility index (Phi) is 9.82. The molecule has 3 nitrogen and oxygen atoms in total. The van der Waals surface area contributed by atoms with Gasteiger partial charge in [-0.05, 0) is 0 Å². The Labute approximate surface area is 92.7 Å². The van der Waals surface area contributed by atoms with E-state index in [1.165, 1.54) is 0 Å². The summed E-state index contributed by atoms with van der Waals surface area (Å²) < 4.78 is 63.0. The van der Waals surface area contributed by atoms with Crippen LogP contribution in [-0.2, 0) is 0 Å². The van der Waals surface area contributed by atoms with Crippen molar-refractivity contribution in [1.29, 1.82) is 10.5 Å². The Morgan fingerprint density at radius 2 is 1.20 bits per heavy atom. The average Bonchev–Trinajstić information content (AvgIpc) is 2.00. The topological polar surface area (TPSA) is 70.6 Å². The second-order valence-corrected chi connectivity index (χ2v) is 1.65. The SMILES string of the molecule is FB(F)F.N#CC([O-])(C#N)C(F)(F)F.[Li+]. The van der Waals surface area contributed by atoms with Crippen LogP contribution in [0, 0.1) is 22.7 Å². The van der Waals surface area contributed by atoms with Crippen molar-refractivity contribution in [2.45, 2.75) is 11.8 Å². The summed E-state index contributed by atoms with van der Waals surface area (Å²) in [6.07, 6.45) is -5.32. The van der Waals surface area contributed by atoms with Gasteiger partial charge in [0.1, 0.15) is 0 Å². The van der Waals surface area contributed by atoms with Gasteiger partial charge in [0.15, 0.2) is 5.60 Å². The maximum absolute atomic E-state index is 11.3. The fourth-order valence-electron chi connectivity index (χ4n) is 0.152. The zero-order valence-electron chi connectivity index (χ0n) is 7.15. The van der Waals surface area contributed by atoms with Gasteiger partial charge in [0.05, 0.1) is 12.1 Å². The molecule has 0 fully saturated rings. The molecule has 0 rings (SSSR count). The second-order valence-electron chi connectivity index (χ2n) is 1.65. The molecule has 0 unspecified atom stereocenters. The number of hydrogen-bond donors (Lipinski definition) is 0. The monoisotopic (exact) mass is 224 g/mol. The Hall–Kier alpha value is -0.818. The zero-order chi connectivity index (χ0) is 12.0. The van der Waals surface area contributed by atoms with Gasteiger partial charge in [0, 0.05) is 0 Å². The van der Waals surface area contributed by atoms with Crippen LogP contribution in [0.3, 0.4) is 0 Å². The molecule has 0 amide bonds. The maximum atomic E-state index is 11.3. The van der Waals surface area contributed by atoms with E-state index in [0.29, 0.717) is 12.1 Å². The van der Waals surface area contributed by atoms with Crippen LogP contribution in [0.15, 0.2) is 0 Å². The van der Waals surface area contributed by atoms with Crippen LogP contribution >= 0.6 is 0 Å². The van der Waals surface area contributed by atoms with Crippen LogP contribution in [0.1, 0.15) is 0 Å². The molecule has 0 aromatic heterocycles. The molecule has 0 aromatic carbocycles. The molecule has 0 aliphatic heterocycles. The van der Waals surface area contributed by atoms with Gasteiger partial charge >= 0.3 is 32.6 Å². The summed E-state index contributed by atoms with van der Waals surface area (Å²) in [6.45, 7) is 0. The number of nitrogens with zero attached hydrogens (tertiary/aromatic N) is 2. The summed E-state index contributed by atoms with van der Waals surface area (Å²) in [5.41, 5.74) is -4.12. The molecule has 0 saturated heterocycles. The first kappa shape index (κ1) is 19.7. The molecule has 0 saturated carbocycles. The van der Waals surface area contributed by atoms with E-state index >= 15 is 0 Å². The summed E-state index contributed by atoms with van der Waals surface area (Å²) >= 11 is 0. The van der Waals surface area contributed by atoms with Gasteiger partial charge < -0.3 is 5.11 Å². The Bertz CT molecular complexity index is 241. The van der Waals surface area contributed by atoms with Crippen LogP contribution < -0.4 is 24.0 Å². The van der Waals surface area contributed by atoms with E-state index in [1.807, 2.05) is 0 Å². The average molecular weight is 224 g/mol. The molecule has 15 heavy (non-hydrogen) atoms. The van der Waals surface area contributed by atoms with Gasteiger partial charge in [-0.25, -0.2) is 0 Å². The molecule has 0 aromatic rings. The van der Waals surface area contributed by atoms with Crippen molar-refractivity contribution in [3.05, 3.63) is 0 Å². The van der Waals surface area contributed by atoms with E-state index in [0.717, 1.165) is 0 Å². The van der Waals surface area contributed by atoms with Crippen molar-refractivity contribution in [3.63, 3.8) is 0 Å². The van der Waals surface area contributed by atoms with Gasteiger partial charge in [0.2, 0.25) is 0 Å². The first-order valence-corrected chi connectivity index (χ1v) is 2.62. The predicted octanol–water partition coefficient (Wildman–Crippen LogP) is -2.42. The summed E-state index contributed by atoms with van der Waals surface area (Å²) in [4.78, 5) is 0. The van der Waals surface area contributed by atoms with Gasteiger partial charge in [-0.15, -0.1) is 0 Å². The third-order valence-corrected chi connectivity index (χ3v) is 0.714. The Balaban J connectivity index is -0.000000249. The molecule has 0 bridgehead atoms. The van der Waals surface area contributed by atoms with E-state index in [-0.39, 0.29) is 18.9 Å². The first-order chi connectivity index (χ1) is 6.10. The Morgan fingerprint density at radius 3 is 1.20 bits per heavy atom. The third-order valence-electron chi connectivity index (χ3n) is 0.714. The third kappa shape index (κ3) is 8.20. The van der Waals surface area contributed by atoms with Crippen molar-refractivity contribution >= 4 is 7.54 Å². The largest absolute Gasteiger partial charge is 1.00 e. The molecule has 78 valence electrons. The zero-order valence-corrected chi connectivity index (χ0v) is 7.15. The fourth-order valence-corrected chi connectivity index (χ4v) is 0.152. The maximum Gasteiger partial charge on any atom is 1.00 e. The molecule has 11 heteroatoms. The molecule has 0 N–H and O–H groups in total. The van der Waals surface area contributed by atoms with Gasteiger partial charge in [-0.1, -0.05) is 0 Å². The molecule has 0 spiro atoms. The summed E-state index contributed by atoms with van der Waals surface area (Å²) in [6, 6.07) is 0.653. The van der Waals surface area contributed by atoms with Crippen molar-refractivity contribution in [2.75, 3.05) is 0 Å². The van der Waals surface area contributed by atoms with Crippen LogP contribution in [0.25, 0.3) is 0 Å². The Morgan fingerprint density at radius 1 is 1.00 bits per heavy atom.